The first kappa shape index (κ1) is 22.4. The topological polar surface area (TPSA) is 45.4 Å². The summed E-state index contributed by atoms with van der Waals surface area (Å²) in [5.41, 5.74) is 0.711. The zero-order chi connectivity index (χ0) is 20.4. The first-order valence-electron chi connectivity index (χ1n) is 9.11. The van der Waals surface area contributed by atoms with Crippen LogP contribution >= 0.6 is 24.0 Å². The van der Waals surface area contributed by atoms with Crippen molar-refractivity contribution in [2.24, 2.45) is 0 Å². The van der Waals surface area contributed by atoms with E-state index in [2.05, 4.69) is 15.1 Å². The summed E-state index contributed by atoms with van der Waals surface area (Å²) in [7, 11) is 0. The van der Waals surface area contributed by atoms with Crippen molar-refractivity contribution in [3.63, 3.8) is 0 Å². The fourth-order valence-electron chi connectivity index (χ4n) is 3.29. The molecule has 160 valence electrons. The zero-order valence-electron chi connectivity index (χ0n) is 15.8. The number of alkyl halides is 3. The lowest BCUT2D eigenvalue weighted by Gasteiger charge is -2.35. The van der Waals surface area contributed by atoms with E-state index >= 15 is 0 Å². The molecule has 0 bridgehead atoms. The lowest BCUT2D eigenvalue weighted by molar-refractivity contribution is -0.137. The van der Waals surface area contributed by atoms with Crippen LogP contribution in [0.4, 0.5) is 18.9 Å². The molecule has 0 N–H and O–H groups in total. The first-order chi connectivity index (χ1) is 13.9. The molecule has 4 rings (SSSR count). The monoisotopic (exact) mass is 458 g/mol. The van der Waals surface area contributed by atoms with Crippen molar-refractivity contribution in [3.05, 3.63) is 65.0 Å². The van der Waals surface area contributed by atoms with Crippen LogP contribution in [-0.2, 0) is 12.7 Å². The second-order valence-electron chi connectivity index (χ2n) is 6.82. The molecule has 0 radical (unpaired) electrons. The summed E-state index contributed by atoms with van der Waals surface area (Å²) in [4.78, 5) is 4.09. The number of halogens is 5. The summed E-state index contributed by atoms with van der Waals surface area (Å²) in [6.07, 6.45) is -4.34. The number of anilines is 1. The molecule has 5 nitrogen and oxygen atoms in total. The standard InChI is InChI=1S/C20H18ClF3N4O.ClH/c21-16-5-1-3-14(11-16)19-26-25-18(29-19)13-27-7-9-28(10-8-27)17-6-2-4-15(12-17)20(22,23)24;/h1-6,11-12H,7-10,13H2;1H. The Labute approximate surface area is 182 Å². The number of rotatable bonds is 4. The van der Waals surface area contributed by atoms with Gasteiger partial charge in [-0.2, -0.15) is 13.2 Å². The Bertz CT molecular complexity index is 988. The first-order valence-corrected chi connectivity index (χ1v) is 9.49. The summed E-state index contributed by atoms with van der Waals surface area (Å²) in [5, 5.41) is 8.75. The Kier molecular flexibility index (Phi) is 6.90. The van der Waals surface area contributed by atoms with Gasteiger partial charge in [-0.25, -0.2) is 0 Å². The van der Waals surface area contributed by atoms with E-state index in [0.717, 1.165) is 11.6 Å². The molecule has 1 aliphatic rings. The highest BCUT2D eigenvalue weighted by Gasteiger charge is 2.31. The molecule has 1 fully saturated rings. The van der Waals surface area contributed by atoms with E-state index in [1.165, 1.54) is 12.1 Å². The molecule has 1 saturated heterocycles. The zero-order valence-corrected chi connectivity index (χ0v) is 17.3. The van der Waals surface area contributed by atoms with Gasteiger partial charge in [-0.05, 0) is 36.4 Å². The fraction of sp³-hybridized carbons (Fsp3) is 0.300. The van der Waals surface area contributed by atoms with Crippen LogP contribution in [0.2, 0.25) is 5.02 Å². The van der Waals surface area contributed by atoms with Gasteiger partial charge in [-0.15, -0.1) is 22.6 Å². The predicted molar refractivity (Wildman–Crippen MR) is 111 cm³/mol. The number of nitrogens with zero attached hydrogens (tertiary/aromatic N) is 4. The molecule has 2 aromatic carbocycles. The van der Waals surface area contributed by atoms with Crippen molar-refractivity contribution in [2.45, 2.75) is 12.7 Å². The van der Waals surface area contributed by atoms with Crippen molar-refractivity contribution >= 4 is 29.7 Å². The maximum Gasteiger partial charge on any atom is 0.416 e. The average molecular weight is 459 g/mol. The number of benzene rings is 2. The second kappa shape index (κ2) is 9.24. The molecule has 0 atom stereocenters. The van der Waals surface area contributed by atoms with Crippen molar-refractivity contribution in [3.8, 4) is 11.5 Å². The van der Waals surface area contributed by atoms with Gasteiger partial charge in [-0.1, -0.05) is 23.7 Å². The van der Waals surface area contributed by atoms with Crippen LogP contribution in [0, 0.1) is 0 Å². The van der Waals surface area contributed by atoms with Crippen molar-refractivity contribution < 1.29 is 17.6 Å². The molecule has 1 aromatic heterocycles. The molecule has 3 aromatic rings. The summed E-state index contributed by atoms with van der Waals surface area (Å²) in [6.45, 7) is 3.10. The SMILES string of the molecule is Cl.FC(F)(F)c1cccc(N2CCN(Cc3nnc(-c4cccc(Cl)c4)o3)CC2)c1. The van der Waals surface area contributed by atoms with Crippen LogP contribution in [0.25, 0.3) is 11.5 Å². The maximum atomic E-state index is 12.9. The third-order valence-electron chi connectivity index (χ3n) is 4.81. The molecule has 0 unspecified atom stereocenters. The van der Waals surface area contributed by atoms with E-state index in [1.54, 1.807) is 18.2 Å². The number of hydrogen-bond donors (Lipinski definition) is 0. The molecule has 10 heteroatoms. The summed E-state index contributed by atoms with van der Waals surface area (Å²) < 4.78 is 44.5. The summed E-state index contributed by atoms with van der Waals surface area (Å²) in [5.74, 6) is 0.901. The third-order valence-corrected chi connectivity index (χ3v) is 5.04. The number of aromatic nitrogens is 2. The van der Waals surface area contributed by atoms with Gasteiger partial charge in [0.15, 0.2) is 0 Å². The highest BCUT2D eigenvalue weighted by molar-refractivity contribution is 6.30. The Hall–Kier alpha value is -2.29. The molecule has 0 amide bonds. The largest absolute Gasteiger partial charge is 0.419 e. The molecule has 0 saturated carbocycles. The number of hydrogen-bond acceptors (Lipinski definition) is 5. The van der Waals surface area contributed by atoms with Gasteiger partial charge in [0.25, 0.3) is 0 Å². The summed E-state index contributed by atoms with van der Waals surface area (Å²) in [6, 6.07) is 12.6. The molecule has 1 aliphatic heterocycles. The van der Waals surface area contributed by atoms with Gasteiger partial charge in [0.2, 0.25) is 11.8 Å². The quantitative estimate of drug-likeness (QED) is 0.540. The van der Waals surface area contributed by atoms with E-state index in [0.29, 0.717) is 55.2 Å². The fourth-order valence-corrected chi connectivity index (χ4v) is 3.48. The lowest BCUT2D eigenvalue weighted by Crippen LogP contribution is -2.46. The smallest absolute Gasteiger partial charge is 0.416 e. The molecular weight excluding hydrogens is 440 g/mol. The predicted octanol–water partition coefficient (Wildman–Crippen LogP) is 5.15. The molecule has 30 heavy (non-hydrogen) atoms. The molecule has 0 aliphatic carbocycles. The Balaban J connectivity index is 0.00000256. The minimum absolute atomic E-state index is 0. The van der Waals surface area contributed by atoms with Crippen molar-refractivity contribution in [1.29, 1.82) is 0 Å². The highest BCUT2D eigenvalue weighted by atomic mass is 35.5. The molecule has 0 spiro atoms. The van der Waals surface area contributed by atoms with Gasteiger partial charge >= 0.3 is 6.18 Å². The molecule has 2 heterocycles. The van der Waals surface area contributed by atoms with Crippen LogP contribution in [0.15, 0.2) is 52.9 Å². The van der Waals surface area contributed by atoms with E-state index in [-0.39, 0.29) is 12.4 Å². The average Bonchev–Trinajstić information content (AvgIpc) is 3.17. The van der Waals surface area contributed by atoms with Gasteiger partial charge in [0.1, 0.15) is 0 Å². The van der Waals surface area contributed by atoms with E-state index in [9.17, 15) is 13.2 Å². The minimum Gasteiger partial charge on any atom is -0.419 e. The third kappa shape index (κ3) is 5.24. The Morgan fingerprint density at radius 1 is 0.967 bits per heavy atom. The highest BCUT2D eigenvalue weighted by Crippen LogP contribution is 2.32. The van der Waals surface area contributed by atoms with E-state index in [4.69, 9.17) is 16.0 Å². The maximum absolute atomic E-state index is 12.9. The lowest BCUT2D eigenvalue weighted by atomic mass is 10.1. The van der Waals surface area contributed by atoms with Gasteiger partial charge in [0.05, 0.1) is 12.1 Å². The minimum atomic E-state index is -4.34. The second-order valence-corrected chi connectivity index (χ2v) is 7.26. The van der Waals surface area contributed by atoms with Crippen LogP contribution in [0.5, 0.6) is 0 Å². The molecular formula is C20H19Cl2F3N4O. The van der Waals surface area contributed by atoms with Crippen molar-refractivity contribution in [1.82, 2.24) is 15.1 Å². The van der Waals surface area contributed by atoms with Gasteiger partial charge < -0.3 is 9.32 Å². The summed E-state index contributed by atoms with van der Waals surface area (Å²) >= 11 is 5.99. The van der Waals surface area contributed by atoms with Gasteiger partial charge in [-0.3, -0.25) is 4.90 Å². The van der Waals surface area contributed by atoms with Crippen molar-refractivity contribution in [2.75, 3.05) is 31.1 Å². The van der Waals surface area contributed by atoms with E-state index in [1.807, 2.05) is 17.0 Å². The van der Waals surface area contributed by atoms with Crippen LogP contribution in [-0.4, -0.2) is 41.3 Å². The van der Waals surface area contributed by atoms with E-state index < -0.39 is 11.7 Å². The van der Waals surface area contributed by atoms with Crippen LogP contribution in [0.3, 0.4) is 0 Å². The normalized spacial score (nSPS) is 15.1. The van der Waals surface area contributed by atoms with Crippen LogP contribution < -0.4 is 4.90 Å². The van der Waals surface area contributed by atoms with Crippen LogP contribution in [0.1, 0.15) is 11.5 Å². The number of piperazine rings is 1. The Morgan fingerprint density at radius 3 is 2.40 bits per heavy atom. The van der Waals surface area contributed by atoms with Gasteiger partial charge in [0, 0.05) is 42.5 Å². The Morgan fingerprint density at radius 2 is 1.70 bits per heavy atom.